The van der Waals surface area contributed by atoms with Gasteiger partial charge < -0.3 is 14.6 Å². The lowest BCUT2D eigenvalue weighted by molar-refractivity contribution is -0.121. The van der Waals surface area contributed by atoms with E-state index >= 15 is 0 Å². The number of nitrogens with zero attached hydrogens (tertiary/aromatic N) is 4. The van der Waals surface area contributed by atoms with Crippen molar-refractivity contribution in [3.8, 4) is 11.4 Å². The zero-order chi connectivity index (χ0) is 27.7. The van der Waals surface area contributed by atoms with Crippen LogP contribution >= 0.6 is 23.2 Å². The molecule has 4 aromatic rings. The van der Waals surface area contributed by atoms with E-state index in [1.165, 1.54) is 23.5 Å². The van der Waals surface area contributed by atoms with E-state index in [4.69, 9.17) is 27.9 Å². The summed E-state index contributed by atoms with van der Waals surface area (Å²) in [5.41, 5.74) is 2.65. The Morgan fingerprint density at radius 3 is 2.79 bits per heavy atom. The van der Waals surface area contributed by atoms with Crippen molar-refractivity contribution in [1.82, 2.24) is 24.2 Å². The van der Waals surface area contributed by atoms with Gasteiger partial charge in [-0.1, -0.05) is 47.5 Å². The first-order chi connectivity index (χ1) is 18.7. The molecule has 0 unspecified atom stereocenters. The number of hydrogen-bond acceptors (Lipinski definition) is 6. The first-order valence-corrected chi connectivity index (χ1v) is 14.3. The topological polar surface area (TPSA) is 106 Å². The van der Waals surface area contributed by atoms with Crippen molar-refractivity contribution in [2.24, 2.45) is 0 Å². The van der Waals surface area contributed by atoms with Crippen LogP contribution in [-0.2, 0) is 21.4 Å². The number of aryl methyl sites for hydroxylation is 1. The number of ether oxygens (including phenoxy) is 1. The van der Waals surface area contributed by atoms with E-state index < -0.39 is 16.1 Å². The van der Waals surface area contributed by atoms with Gasteiger partial charge in [-0.05, 0) is 31.2 Å². The second-order valence-electron chi connectivity index (χ2n) is 8.98. The highest BCUT2D eigenvalue weighted by atomic mass is 35.5. The van der Waals surface area contributed by atoms with Gasteiger partial charge in [0.05, 0.1) is 23.1 Å². The van der Waals surface area contributed by atoms with Crippen LogP contribution < -0.4 is 10.1 Å². The Labute approximate surface area is 236 Å². The first-order valence-electron chi connectivity index (χ1n) is 12.1. The maximum atomic E-state index is 13.6. The Morgan fingerprint density at radius 1 is 1.23 bits per heavy atom. The number of amides is 1. The quantitative estimate of drug-likeness (QED) is 0.301. The Morgan fingerprint density at radius 2 is 2.05 bits per heavy atom. The molecule has 0 fully saturated rings. The third kappa shape index (κ3) is 5.25. The van der Waals surface area contributed by atoms with Gasteiger partial charge in [-0.2, -0.15) is 4.31 Å². The fourth-order valence-corrected chi connectivity index (χ4v) is 6.93. The number of hydrogen-bond donors (Lipinski definition) is 1. The van der Waals surface area contributed by atoms with Crippen LogP contribution in [0.2, 0.25) is 10.0 Å². The molecule has 1 atom stereocenters. The molecule has 9 nitrogen and oxygen atoms in total. The van der Waals surface area contributed by atoms with Crippen LogP contribution in [0.15, 0.2) is 72.2 Å². The van der Waals surface area contributed by atoms with Gasteiger partial charge in [0, 0.05) is 54.1 Å². The molecule has 5 rings (SSSR count). The molecule has 3 heterocycles. The van der Waals surface area contributed by atoms with Crippen molar-refractivity contribution in [2.45, 2.75) is 30.9 Å². The molecule has 0 spiro atoms. The summed E-state index contributed by atoms with van der Waals surface area (Å²) in [5.74, 6) is 0.227. The SMILES string of the molecule is CNC(=O)C[C@H]1C=CCN1S(=O)(=O)c1ccc(Cl)c(COc2cccc3c(-n4ccnc4)cc(C)nc23)c1Cl. The summed E-state index contributed by atoms with van der Waals surface area (Å²) in [5, 5.41) is 3.62. The molecule has 202 valence electrons. The molecule has 1 aliphatic heterocycles. The van der Waals surface area contributed by atoms with Gasteiger partial charge in [-0.25, -0.2) is 18.4 Å². The smallest absolute Gasteiger partial charge is 0.245 e. The number of nitrogens with one attached hydrogen (secondary N) is 1. The summed E-state index contributed by atoms with van der Waals surface area (Å²) in [6, 6.07) is 9.78. The summed E-state index contributed by atoms with van der Waals surface area (Å²) in [4.78, 5) is 20.6. The number of rotatable bonds is 8. The number of imidazole rings is 1. The molecule has 1 N–H and O–H groups in total. The van der Waals surface area contributed by atoms with Gasteiger partial charge in [0.2, 0.25) is 15.9 Å². The number of aromatic nitrogens is 3. The second-order valence-corrected chi connectivity index (χ2v) is 11.6. The minimum absolute atomic E-state index is 0.00195. The molecule has 0 aliphatic carbocycles. The monoisotopic (exact) mass is 585 g/mol. The minimum atomic E-state index is -4.04. The van der Waals surface area contributed by atoms with Crippen LogP contribution in [0.4, 0.5) is 0 Å². The highest BCUT2D eigenvalue weighted by molar-refractivity contribution is 7.89. The second kappa shape index (κ2) is 11.0. The molecule has 0 bridgehead atoms. The number of para-hydroxylation sites is 1. The van der Waals surface area contributed by atoms with Crippen molar-refractivity contribution in [3.05, 3.63) is 88.6 Å². The molecule has 0 radical (unpaired) electrons. The lowest BCUT2D eigenvalue weighted by atomic mass is 10.1. The maximum absolute atomic E-state index is 13.6. The van der Waals surface area contributed by atoms with Gasteiger partial charge in [-0.3, -0.25) is 4.79 Å². The van der Waals surface area contributed by atoms with E-state index in [0.29, 0.717) is 16.8 Å². The molecular weight excluding hydrogens is 561 g/mol. The van der Waals surface area contributed by atoms with Crippen molar-refractivity contribution in [2.75, 3.05) is 13.6 Å². The highest BCUT2D eigenvalue weighted by Crippen LogP contribution is 2.36. The summed E-state index contributed by atoms with van der Waals surface area (Å²) >= 11 is 13.1. The van der Waals surface area contributed by atoms with Crippen LogP contribution in [0.25, 0.3) is 16.6 Å². The average Bonchev–Trinajstić information content (AvgIpc) is 3.61. The molecule has 0 saturated heterocycles. The van der Waals surface area contributed by atoms with Crippen molar-refractivity contribution in [3.63, 3.8) is 0 Å². The largest absolute Gasteiger partial charge is 0.487 e. The Bertz CT molecular complexity index is 1690. The molecule has 39 heavy (non-hydrogen) atoms. The number of fused-ring (bicyclic) bond motifs is 1. The molecule has 12 heteroatoms. The fraction of sp³-hybridized carbons (Fsp3) is 0.222. The van der Waals surface area contributed by atoms with Gasteiger partial charge in [0.25, 0.3) is 0 Å². The summed E-state index contributed by atoms with van der Waals surface area (Å²) in [7, 11) is -2.53. The van der Waals surface area contributed by atoms with E-state index in [9.17, 15) is 13.2 Å². The number of carbonyl (C=O) groups excluding carboxylic acids is 1. The number of sulfonamides is 1. The minimum Gasteiger partial charge on any atom is -0.487 e. The highest BCUT2D eigenvalue weighted by Gasteiger charge is 2.35. The van der Waals surface area contributed by atoms with Crippen LogP contribution in [0.3, 0.4) is 0 Å². The molecular formula is C27H25Cl2N5O4S. The lowest BCUT2D eigenvalue weighted by Crippen LogP contribution is -2.39. The van der Waals surface area contributed by atoms with E-state index in [-0.39, 0.29) is 40.4 Å². The summed E-state index contributed by atoms with van der Waals surface area (Å²) in [6.45, 7) is 1.94. The van der Waals surface area contributed by atoms with E-state index in [1.807, 2.05) is 35.9 Å². The van der Waals surface area contributed by atoms with Crippen molar-refractivity contribution >= 4 is 50.0 Å². The number of benzene rings is 2. The first kappa shape index (κ1) is 27.1. The van der Waals surface area contributed by atoms with Gasteiger partial charge >= 0.3 is 0 Å². The number of carbonyl (C=O) groups is 1. The van der Waals surface area contributed by atoms with E-state index in [1.54, 1.807) is 30.7 Å². The standard InChI is InChI=1S/C27H25Cl2N5O4S/c1-17-13-22(33-12-10-31-16-33)19-6-3-7-23(27(19)32-17)38-15-20-21(28)8-9-24(26(20)29)39(36,37)34-11-4-5-18(34)14-25(35)30-2/h3-10,12-13,16,18H,11,14-15H2,1-2H3,(H,30,35)/t18-/m1/s1. The number of pyridine rings is 1. The number of halogens is 2. The summed E-state index contributed by atoms with van der Waals surface area (Å²) in [6.07, 6.45) is 8.68. The third-order valence-electron chi connectivity index (χ3n) is 6.49. The molecule has 1 aliphatic rings. The maximum Gasteiger partial charge on any atom is 0.245 e. The lowest BCUT2D eigenvalue weighted by Gasteiger charge is -2.24. The fourth-order valence-electron chi connectivity index (χ4n) is 4.54. The average molecular weight is 587 g/mol. The van der Waals surface area contributed by atoms with Crippen LogP contribution in [0.5, 0.6) is 5.75 Å². The van der Waals surface area contributed by atoms with Gasteiger partial charge in [-0.15, -0.1) is 0 Å². The van der Waals surface area contributed by atoms with E-state index in [2.05, 4.69) is 15.3 Å². The van der Waals surface area contributed by atoms with Crippen molar-refractivity contribution in [1.29, 1.82) is 0 Å². The molecule has 0 saturated carbocycles. The Hall–Kier alpha value is -3.44. The molecule has 2 aromatic carbocycles. The van der Waals surface area contributed by atoms with E-state index in [0.717, 1.165) is 16.8 Å². The van der Waals surface area contributed by atoms with Crippen LogP contribution in [0, 0.1) is 6.92 Å². The predicted molar refractivity (Wildman–Crippen MR) is 150 cm³/mol. The predicted octanol–water partition coefficient (Wildman–Crippen LogP) is 4.68. The van der Waals surface area contributed by atoms with Gasteiger partial charge in [0.15, 0.2) is 0 Å². The normalized spacial score (nSPS) is 15.6. The summed E-state index contributed by atoms with van der Waals surface area (Å²) < 4.78 is 36.5. The molecule has 1 amide bonds. The van der Waals surface area contributed by atoms with Crippen molar-refractivity contribution < 1.29 is 17.9 Å². The van der Waals surface area contributed by atoms with Gasteiger partial charge in [0.1, 0.15) is 22.8 Å². The zero-order valence-corrected chi connectivity index (χ0v) is 23.5. The Kier molecular flexibility index (Phi) is 7.64. The Balaban J connectivity index is 1.47. The van der Waals surface area contributed by atoms with Crippen LogP contribution in [-0.4, -0.2) is 52.8 Å². The molecule has 2 aromatic heterocycles. The zero-order valence-electron chi connectivity index (χ0n) is 21.1. The van der Waals surface area contributed by atoms with Crippen LogP contribution in [0.1, 0.15) is 17.7 Å². The third-order valence-corrected chi connectivity index (χ3v) is 9.32.